The van der Waals surface area contributed by atoms with Gasteiger partial charge in [0.1, 0.15) is 5.75 Å². The van der Waals surface area contributed by atoms with Crippen molar-refractivity contribution in [2.45, 2.75) is 6.42 Å². The van der Waals surface area contributed by atoms with Crippen LogP contribution < -0.4 is 5.10 Å². The maximum absolute atomic E-state index is 10.4. The second kappa shape index (κ2) is 4.43. The number of hydrogen-bond donors (Lipinski definition) is 2. The van der Waals surface area contributed by atoms with E-state index < -0.39 is 5.97 Å². The quantitative estimate of drug-likeness (QED) is 0.753. The van der Waals surface area contributed by atoms with Crippen LogP contribution in [-0.4, -0.2) is 26.5 Å². The molecule has 0 unspecified atom stereocenters. The molecule has 7 heteroatoms. The average Bonchev–Trinajstić information content (AvgIpc) is 2.57. The Morgan fingerprint density at radius 3 is 2.87 bits per heavy atom. The van der Waals surface area contributed by atoms with Gasteiger partial charge in [-0.3, -0.25) is 10.0 Å². The first kappa shape index (κ1) is 11.7. The van der Waals surface area contributed by atoms with Gasteiger partial charge in [-0.15, -0.1) is 0 Å². The number of aliphatic carboxylic acids is 1. The largest absolute Gasteiger partial charge is 1.00 e. The van der Waals surface area contributed by atoms with E-state index in [2.05, 4.69) is 15.4 Å². The molecule has 0 saturated carbocycles. The molecule has 1 aromatic heterocycles. The van der Waals surface area contributed by atoms with Crippen molar-refractivity contribution in [1.82, 2.24) is 15.4 Å². The van der Waals surface area contributed by atoms with Crippen LogP contribution in [0.5, 0.6) is 5.75 Å². The van der Waals surface area contributed by atoms with Gasteiger partial charge in [0.2, 0.25) is 0 Å². The zero-order chi connectivity index (χ0) is 10.1. The number of aromatic nitrogens is 3. The molecule has 0 radical (unpaired) electrons. The van der Waals surface area contributed by atoms with Crippen molar-refractivity contribution in [3.05, 3.63) is 17.7 Å². The molecule has 0 aliphatic carbocycles. The number of fused-ring (bicyclic) bond motifs is 1. The molecular formula is C8H6AgN3O3. The number of rotatable bonds is 2. The van der Waals surface area contributed by atoms with Crippen molar-refractivity contribution in [1.29, 1.82) is 0 Å². The Labute approximate surface area is 99.8 Å². The first-order valence-corrected chi connectivity index (χ1v) is 3.87. The van der Waals surface area contributed by atoms with E-state index in [0.29, 0.717) is 11.1 Å². The van der Waals surface area contributed by atoms with Crippen LogP contribution in [0.4, 0.5) is 0 Å². The number of carboxylic acids is 1. The number of hydrogen-bond acceptors (Lipinski definition) is 4. The summed E-state index contributed by atoms with van der Waals surface area (Å²) < 4.78 is 0. The van der Waals surface area contributed by atoms with Crippen LogP contribution in [-0.2, 0) is 33.6 Å². The molecular weight excluding hydrogens is 294 g/mol. The van der Waals surface area contributed by atoms with Crippen LogP contribution >= 0.6 is 0 Å². The molecule has 0 aliphatic heterocycles. The standard InChI is InChI=1S/C8H7N3O3.Ag/c12-6(13)3-4-1-2-5-7(8(4)14)10-11-9-5;/h1-2H,3H2,(H3,9,10,11,12,13,14);/q;+1/p-1. The molecule has 0 spiro atoms. The topological polar surface area (TPSA) is 97.4 Å². The summed E-state index contributed by atoms with van der Waals surface area (Å²) in [6.45, 7) is 0. The maximum atomic E-state index is 10.4. The summed E-state index contributed by atoms with van der Waals surface area (Å²) in [5.74, 6) is -1.16. The SMILES string of the molecule is O=C(O)Cc1ccc2[n-]nnc2c1O.[Ag+]. The van der Waals surface area contributed by atoms with Crippen molar-refractivity contribution < 1.29 is 37.4 Å². The third-order valence-electron chi connectivity index (χ3n) is 1.85. The van der Waals surface area contributed by atoms with Gasteiger partial charge in [-0.05, 0) is 5.52 Å². The smallest absolute Gasteiger partial charge is 0.507 e. The minimum Gasteiger partial charge on any atom is -0.507 e. The normalized spacial score (nSPS) is 9.87. The monoisotopic (exact) mass is 299 g/mol. The van der Waals surface area contributed by atoms with Gasteiger partial charge in [-0.1, -0.05) is 12.1 Å². The van der Waals surface area contributed by atoms with E-state index in [1.54, 1.807) is 6.07 Å². The summed E-state index contributed by atoms with van der Waals surface area (Å²) in [7, 11) is 0. The molecule has 1 heterocycles. The average molecular weight is 300 g/mol. The van der Waals surface area contributed by atoms with E-state index in [4.69, 9.17) is 5.11 Å². The van der Waals surface area contributed by atoms with Crippen molar-refractivity contribution in [3.63, 3.8) is 0 Å². The number of benzene rings is 1. The van der Waals surface area contributed by atoms with Gasteiger partial charge in [0.15, 0.2) is 0 Å². The zero-order valence-corrected chi connectivity index (χ0v) is 8.79. The molecule has 6 nitrogen and oxygen atoms in total. The van der Waals surface area contributed by atoms with Gasteiger partial charge >= 0.3 is 28.3 Å². The number of phenolic OH excluding ortho intramolecular Hbond substituents is 1. The molecule has 0 fully saturated rings. The van der Waals surface area contributed by atoms with Crippen molar-refractivity contribution in [2.75, 3.05) is 0 Å². The van der Waals surface area contributed by atoms with Gasteiger partial charge in [0.05, 0.1) is 6.42 Å². The Morgan fingerprint density at radius 1 is 1.47 bits per heavy atom. The summed E-state index contributed by atoms with van der Waals surface area (Å²) in [6, 6.07) is 3.08. The molecule has 0 saturated heterocycles. The third kappa shape index (κ3) is 2.17. The minimum absolute atomic E-state index is 0. The Bertz CT molecular complexity index is 497. The summed E-state index contributed by atoms with van der Waals surface area (Å²) in [4.78, 5) is 10.4. The molecule has 15 heavy (non-hydrogen) atoms. The Morgan fingerprint density at radius 2 is 2.20 bits per heavy atom. The molecule has 0 bridgehead atoms. The van der Waals surface area contributed by atoms with Crippen LogP contribution in [0.1, 0.15) is 5.56 Å². The van der Waals surface area contributed by atoms with E-state index in [-0.39, 0.29) is 40.1 Å². The fraction of sp³-hybridized carbons (Fsp3) is 0.125. The second-order valence-electron chi connectivity index (χ2n) is 2.80. The number of aromatic hydroxyl groups is 1. The molecule has 0 amide bonds. The van der Waals surface area contributed by atoms with Gasteiger partial charge in [0, 0.05) is 11.1 Å². The first-order chi connectivity index (χ1) is 6.68. The Kier molecular flexibility index (Phi) is 3.46. The van der Waals surface area contributed by atoms with Gasteiger partial charge < -0.3 is 20.4 Å². The van der Waals surface area contributed by atoms with Crippen molar-refractivity contribution in [2.24, 2.45) is 0 Å². The van der Waals surface area contributed by atoms with E-state index >= 15 is 0 Å². The van der Waals surface area contributed by atoms with Gasteiger partial charge in [-0.2, -0.15) is 0 Å². The summed E-state index contributed by atoms with van der Waals surface area (Å²) in [6.07, 6.45) is -0.241. The van der Waals surface area contributed by atoms with Crippen molar-refractivity contribution in [3.8, 4) is 5.75 Å². The Hall–Kier alpha value is -1.37. The van der Waals surface area contributed by atoms with Crippen molar-refractivity contribution >= 4 is 17.0 Å². The summed E-state index contributed by atoms with van der Waals surface area (Å²) in [5.41, 5.74) is 1.01. The Balaban J connectivity index is 0.00000112. The van der Waals surface area contributed by atoms with Crippen LogP contribution in [0.3, 0.4) is 0 Å². The second-order valence-corrected chi connectivity index (χ2v) is 2.80. The van der Waals surface area contributed by atoms with Crippen LogP contribution in [0, 0.1) is 0 Å². The number of carbonyl (C=O) groups is 1. The molecule has 0 aliphatic rings. The fourth-order valence-corrected chi connectivity index (χ4v) is 1.21. The fourth-order valence-electron chi connectivity index (χ4n) is 1.21. The zero-order valence-electron chi connectivity index (χ0n) is 7.31. The number of carboxylic acid groups (broad SMARTS) is 1. The molecule has 2 rings (SSSR count). The molecule has 82 valence electrons. The van der Waals surface area contributed by atoms with Crippen LogP contribution in [0.15, 0.2) is 12.1 Å². The predicted molar refractivity (Wildman–Crippen MR) is 45.9 cm³/mol. The van der Waals surface area contributed by atoms with Gasteiger partial charge in [-0.25, -0.2) is 0 Å². The van der Waals surface area contributed by atoms with Crippen LogP contribution in [0.25, 0.3) is 11.0 Å². The molecule has 2 aromatic rings. The summed E-state index contributed by atoms with van der Waals surface area (Å²) >= 11 is 0. The van der Waals surface area contributed by atoms with E-state index in [0.717, 1.165) is 0 Å². The minimum atomic E-state index is -1.01. The summed E-state index contributed by atoms with van der Waals surface area (Å²) in [5, 5.41) is 28.7. The van der Waals surface area contributed by atoms with Crippen LogP contribution in [0.2, 0.25) is 0 Å². The molecule has 2 N–H and O–H groups in total. The first-order valence-electron chi connectivity index (χ1n) is 3.87. The number of nitrogens with zero attached hydrogens (tertiary/aromatic N) is 3. The third-order valence-corrected chi connectivity index (χ3v) is 1.85. The molecule has 0 atom stereocenters. The molecule has 1 aromatic carbocycles. The van der Waals surface area contributed by atoms with Gasteiger partial charge in [0.25, 0.3) is 0 Å². The number of phenols is 1. The van der Waals surface area contributed by atoms with E-state index in [9.17, 15) is 9.90 Å². The maximum Gasteiger partial charge on any atom is 1.00 e. The van der Waals surface area contributed by atoms with E-state index in [1.807, 2.05) is 0 Å². The predicted octanol–water partition coefficient (Wildman–Crippen LogP) is -0.0828. The van der Waals surface area contributed by atoms with E-state index in [1.165, 1.54) is 6.07 Å².